The molecule has 2 atom stereocenters. The molecule has 0 bridgehead atoms. The minimum Gasteiger partial charge on any atom is -0.372 e. The number of thiophene rings is 1. The Kier molecular flexibility index (Phi) is 3.90. The lowest BCUT2D eigenvalue weighted by Gasteiger charge is -2.42. The van der Waals surface area contributed by atoms with Gasteiger partial charge < -0.3 is 14.4 Å². The summed E-state index contributed by atoms with van der Waals surface area (Å²) in [5, 5.41) is 1.03. The second-order valence-corrected chi connectivity index (χ2v) is 8.96. The van der Waals surface area contributed by atoms with Crippen LogP contribution in [-0.4, -0.2) is 48.7 Å². The molecule has 1 unspecified atom stereocenters. The molecule has 29 heavy (non-hydrogen) atoms. The molecule has 0 radical (unpaired) electrons. The van der Waals surface area contributed by atoms with Gasteiger partial charge in [0.2, 0.25) is 0 Å². The zero-order valence-corrected chi connectivity index (χ0v) is 16.4. The largest absolute Gasteiger partial charge is 0.372 e. The number of hydrogen-bond acceptors (Lipinski definition) is 8. The highest BCUT2D eigenvalue weighted by atomic mass is 32.1. The summed E-state index contributed by atoms with van der Waals surface area (Å²) in [6.45, 7) is 0.519. The predicted molar refractivity (Wildman–Crippen MR) is 104 cm³/mol. The van der Waals surface area contributed by atoms with Crippen LogP contribution in [0.5, 0.6) is 0 Å². The molecule has 1 amide bonds. The van der Waals surface area contributed by atoms with E-state index >= 15 is 0 Å². The summed E-state index contributed by atoms with van der Waals surface area (Å²) in [6.07, 6.45) is 11.2. The Morgan fingerprint density at radius 1 is 1.21 bits per heavy atom. The van der Waals surface area contributed by atoms with Crippen molar-refractivity contribution in [1.29, 1.82) is 0 Å². The van der Waals surface area contributed by atoms with Crippen LogP contribution in [0.25, 0.3) is 10.2 Å². The summed E-state index contributed by atoms with van der Waals surface area (Å²) >= 11 is 1.61. The number of carbonyl (C=O) groups excluding carboxylic acids is 1. The van der Waals surface area contributed by atoms with Gasteiger partial charge >= 0.3 is 0 Å². The molecule has 0 aromatic carbocycles. The summed E-state index contributed by atoms with van der Waals surface area (Å²) in [5.74, 6) is 0.0765. The molecule has 0 N–H and O–H groups in total. The van der Waals surface area contributed by atoms with Crippen molar-refractivity contribution in [3.8, 4) is 0 Å². The van der Waals surface area contributed by atoms with Gasteiger partial charge in [0.05, 0.1) is 30.6 Å². The number of ether oxygens (including phenoxy) is 2. The number of fused-ring (bicyclic) bond motifs is 2. The van der Waals surface area contributed by atoms with E-state index in [4.69, 9.17) is 9.47 Å². The Hall–Kier alpha value is -2.49. The fraction of sp³-hybridized carbons (Fsp3) is 0.450. The van der Waals surface area contributed by atoms with Gasteiger partial charge in [-0.1, -0.05) is 0 Å². The molecule has 3 aliphatic rings. The maximum Gasteiger partial charge on any atom is 0.257 e. The van der Waals surface area contributed by atoms with Crippen molar-refractivity contribution in [2.24, 2.45) is 0 Å². The van der Waals surface area contributed by atoms with Gasteiger partial charge in [-0.2, -0.15) is 0 Å². The average molecular weight is 409 g/mol. The highest BCUT2D eigenvalue weighted by Crippen LogP contribution is 2.51. The first kappa shape index (κ1) is 17.4. The molecule has 3 aromatic rings. The number of amides is 1. The van der Waals surface area contributed by atoms with Crippen LogP contribution in [0.1, 0.15) is 42.3 Å². The summed E-state index contributed by atoms with van der Waals surface area (Å²) in [5.41, 5.74) is 0.117. The molecule has 1 spiro atoms. The lowest BCUT2D eigenvalue weighted by atomic mass is 9.76. The highest BCUT2D eigenvalue weighted by molar-refractivity contribution is 7.18. The molecule has 1 saturated carbocycles. The molecule has 3 fully saturated rings. The van der Waals surface area contributed by atoms with Gasteiger partial charge in [0.25, 0.3) is 5.91 Å². The highest BCUT2D eigenvalue weighted by Gasteiger charge is 2.63. The standard InChI is InChI=1S/C20H19N5O3S/c26-19-20(28-17-2-1-16(25(17)19)15-9-21-3-4-23-15)6-13(7-20)27-10-14-5-12-8-22-11-24-18(12)29-14/h3-5,8-9,11,13,16-17H,1-2,6-7,10H2/t13?,16-,17?,20?/m0/s1. The van der Waals surface area contributed by atoms with E-state index in [9.17, 15) is 4.79 Å². The van der Waals surface area contributed by atoms with Crippen molar-refractivity contribution < 1.29 is 14.3 Å². The smallest absolute Gasteiger partial charge is 0.257 e. The maximum absolute atomic E-state index is 13.2. The van der Waals surface area contributed by atoms with Gasteiger partial charge in [-0.25, -0.2) is 9.97 Å². The van der Waals surface area contributed by atoms with Crippen molar-refractivity contribution in [2.45, 2.75) is 56.3 Å². The minimum atomic E-state index is -0.720. The third-order valence-corrected chi connectivity index (χ3v) is 7.10. The average Bonchev–Trinajstić information content (AvgIpc) is 3.39. The van der Waals surface area contributed by atoms with E-state index in [0.717, 1.165) is 33.6 Å². The Bertz CT molecular complexity index is 1040. The molecule has 9 heteroatoms. The van der Waals surface area contributed by atoms with E-state index in [1.807, 2.05) is 11.1 Å². The van der Waals surface area contributed by atoms with Crippen molar-refractivity contribution >= 4 is 27.5 Å². The van der Waals surface area contributed by atoms with Crippen LogP contribution in [-0.2, 0) is 20.9 Å². The number of hydrogen-bond donors (Lipinski definition) is 0. The summed E-state index contributed by atoms with van der Waals surface area (Å²) in [7, 11) is 0. The van der Waals surface area contributed by atoms with E-state index in [0.29, 0.717) is 19.4 Å². The van der Waals surface area contributed by atoms with Crippen molar-refractivity contribution in [1.82, 2.24) is 24.8 Å². The second-order valence-electron chi connectivity index (χ2n) is 7.84. The molecule has 3 aromatic heterocycles. The number of nitrogens with zero attached hydrogens (tertiary/aromatic N) is 5. The first-order valence-corrected chi connectivity index (χ1v) is 10.6. The molecular weight excluding hydrogens is 390 g/mol. The molecule has 5 heterocycles. The topological polar surface area (TPSA) is 90.3 Å². The fourth-order valence-electron chi connectivity index (χ4n) is 4.66. The van der Waals surface area contributed by atoms with E-state index in [-0.39, 0.29) is 24.3 Å². The Balaban J connectivity index is 1.11. The molecular formula is C20H19N5O3S. The van der Waals surface area contributed by atoms with E-state index in [2.05, 4.69) is 26.0 Å². The number of carbonyl (C=O) groups is 1. The predicted octanol–water partition coefficient (Wildman–Crippen LogP) is 2.62. The maximum atomic E-state index is 13.2. The zero-order valence-electron chi connectivity index (χ0n) is 15.6. The van der Waals surface area contributed by atoms with Crippen LogP contribution < -0.4 is 0 Å². The zero-order chi connectivity index (χ0) is 19.4. The van der Waals surface area contributed by atoms with Crippen LogP contribution in [0.4, 0.5) is 0 Å². The van der Waals surface area contributed by atoms with Crippen LogP contribution in [0, 0.1) is 0 Å². The van der Waals surface area contributed by atoms with Gasteiger partial charge in [-0.15, -0.1) is 11.3 Å². The Morgan fingerprint density at radius 3 is 2.97 bits per heavy atom. The molecule has 148 valence electrons. The van der Waals surface area contributed by atoms with Crippen LogP contribution in [0.3, 0.4) is 0 Å². The van der Waals surface area contributed by atoms with Crippen molar-refractivity contribution in [2.75, 3.05) is 0 Å². The van der Waals surface area contributed by atoms with Gasteiger partial charge in [-0.3, -0.25) is 14.8 Å². The quantitative estimate of drug-likeness (QED) is 0.654. The minimum absolute atomic E-state index is 0.0326. The normalized spacial score (nSPS) is 30.8. The molecule has 8 nitrogen and oxygen atoms in total. The molecule has 2 saturated heterocycles. The van der Waals surface area contributed by atoms with Gasteiger partial charge in [0.1, 0.15) is 17.4 Å². The molecule has 2 aliphatic heterocycles. The summed E-state index contributed by atoms with van der Waals surface area (Å²) in [4.78, 5) is 34.0. The first-order chi connectivity index (χ1) is 14.2. The van der Waals surface area contributed by atoms with Crippen molar-refractivity contribution in [3.63, 3.8) is 0 Å². The van der Waals surface area contributed by atoms with Crippen LogP contribution in [0.2, 0.25) is 0 Å². The summed E-state index contributed by atoms with van der Waals surface area (Å²) in [6, 6.07) is 2.02. The Labute approximate surface area is 170 Å². The second kappa shape index (κ2) is 6.51. The van der Waals surface area contributed by atoms with Gasteiger partial charge in [-0.05, 0) is 18.9 Å². The molecule has 6 rings (SSSR count). The lowest BCUT2D eigenvalue weighted by Crippen LogP contribution is -2.54. The SMILES string of the molecule is O=C1N2C(CC[C@H]2c2cnccn2)OC12CC(OCc1cc3cncnc3s1)C2. The van der Waals surface area contributed by atoms with Gasteiger partial charge in [0.15, 0.2) is 5.60 Å². The third kappa shape index (κ3) is 2.76. The molecule has 1 aliphatic carbocycles. The third-order valence-electron chi connectivity index (χ3n) is 6.07. The Morgan fingerprint density at radius 2 is 2.14 bits per heavy atom. The fourth-order valence-corrected chi connectivity index (χ4v) is 5.55. The number of rotatable bonds is 4. The lowest BCUT2D eigenvalue weighted by molar-refractivity contribution is -0.177. The van der Waals surface area contributed by atoms with E-state index in [1.54, 1.807) is 36.3 Å². The van der Waals surface area contributed by atoms with Crippen molar-refractivity contribution in [3.05, 3.63) is 47.8 Å². The van der Waals surface area contributed by atoms with E-state index < -0.39 is 5.60 Å². The van der Waals surface area contributed by atoms with Crippen LogP contribution >= 0.6 is 11.3 Å². The summed E-state index contributed by atoms with van der Waals surface area (Å²) < 4.78 is 12.3. The van der Waals surface area contributed by atoms with E-state index in [1.165, 1.54) is 0 Å². The van der Waals surface area contributed by atoms with Crippen LogP contribution in [0.15, 0.2) is 37.2 Å². The van der Waals surface area contributed by atoms with Gasteiger partial charge in [0, 0.05) is 41.7 Å². The monoisotopic (exact) mass is 409 g/mol. The number of aromatic nitrogens is 4. The first-order valence-electron chi connectivity index (χ1n) is 9.78.